The van der Waals surface area contributed by atoms with Gasteiger partial charge < -0.3 is 39.8 Å². The molecule has 6 aromatic rings. The molecule has 0 aliphatic carbocycles. The van der Waals surface area contributed by atoms with Gasteiger partial charge in [0.25, 0.3) is 0 Å². The number of anilines is 2. The van der Waals surface area contributed by atoms with Crippen LogP contribution in [0.2, 0.25) is 0 Å². The molecule has 0 saturated carbocycles. The van der Waals surface area contributed by atoms with Crippen molar-refractivity contribution >= 4 is 68.5 Å². The van der Waals surface area contributed by atoms with Crippen LogP contribution in [0.4, 0.5) is 24.5 Å². The number of fused-ring (bicyclic) bond motifs is 1. The number of aryl methyl sites for hydroxylation is 1. The number of amides is 3. The summed E-state index contributed by atoms with van der Waals surface area (Å²) in [6, 6.07) is 17.1. The first-order valence-electron chi connectivity index (χ1n) is 25.3. The number of thiazole rings is 1. The van der Waals surface area contributed by atoms with E-state index in [4.69, 9.17) is 4.74 Å². The molecule has 3 aromatic heterocycles. The number of benzene rings is 3. The van der Waals surface area contributed by atoms with Gasteiger partial charge in [0.05, 0.1) is 52.2 Å². The second kappa shape index (κ2) is 23.6. The molecule has 3 saturated heterocycles. The molecule has 23 heteroatoms. The van der Waals surface area contributed by atoms with Gasteiger partial charge in [0.15, 0.2) is 5.82 Å². The zero-order valence-corrected chi connectivity index (χ0v) is 44.6. The van der Waals surface area contributed by atoms with E-state index in [-0.39, 0.29) is 63.7 Å². The van der Waals surface area contributed by atoms with Crippen LogP contribution in [-0.4, -0.2) is 157 Å². The van der Waals surface area contributed by atoms with Crippen LogP contribution in [0.5, 0.6) is 0 Å². The number of hydrogen-bond donors (Lipinski definition) is 4. The number of rotatable bonds is 18. The van der Waals surface area contributed by atoms with Crippen molar-refractivity contribution in [3.8, 4) is 21.6 Å². The molecule has 77 heavy (non-hydrogen) atoms. The van der Waals surface area contributed by atoms with Gasteiger partial charge in [0, 0.05) is 93.4 Å². The highest BCUT2D eigenvalue weighted by atomic mass is 32.2. The molecule has 3 aromatic carbocycles. The SMILES string of the molecule is Cc1ncsc1-c1ccc(CNC(=O)[C@@H]2C[C@@H](O)CN2C(=O)[C@@H](NC(=O)COCCN2CCN(c3ccc(-c4cnc5[nH]cc(C(=O)c6c(F)ccc(N(N7CC[C@@H](F)C7)S(=O)[O-])c6F)c5c4)cc3)CC2)C(C)(C)C)cc1. The third-order valence-electron chi connectivity index (χ3n) is 14.2. The Morgan fingerprint density at radius 3 is 2.36 bits per heavy atom. The van der Waals surface area contributed by atoms with Crippen LogP contribution < -0.4 is 19.9 Å². The number of aromatic amines is 1. The van der Waals surface area contributed by atoms with Gasteiger partial charge >= 0.3 is 0 Å². The minimum Gasteiger partial charge on any atom is -0.754 e. The molecular formula is C54H60F3N10O8S2-. The highest BCUT2D eigenvalue weighted by Gasteiger charge is 2.44. The lowest BCUT2D eigenvalue weighted by atomic mass is 9.85. The number of alkyl halides is 1. The van der Waals surface area contributed by atoms with Gasteiger partial charge in [0.2, 0.25) is 23.5 Å². The van der Waals surface area contributed by atoms with Crippen molar-refractivity contribution in [2.24, 2.45) is 5.41 Å². The van der Waals surface area contributed by atoms with Crippen molar-refractivity contribution in [1.29, 1.82) is 0 Å². The summed E-state index contributed by atoms with van der Waals surface area (Å²) in [6.07, 6.45) is 0.773. The second-order valence-electron chi connectivity index (χ2n) is 20.6. The molecule has 3 fully saturated rings. The zero-order valence-electron chi connectivity index (χ0n) is 43.0. The van der Waals surface area contributed by atoms with Crippen molar-refractivity contribution in [3.63, 3.8) is 0 Å². The molecule has 4 N–H and O–H groups in total. The lowest BCUT2D eigenvalue weighted by molar-refractivity contribution is -0.144. The first-order valence-corrected chi connectivity index (χ1v) is 27.2. The van der Waals surface area contributed by atoms with Crippen LogP contribution in [0.25, 0.3) is 32.6 Å². The molecule has 0 radical (unpaired) electrons. The van der Waals surface area contributed by atoms with E-state index in [0.717, 1.165) is 63.2 Å². The molecule has 0 spiro atoms. The average molecular weight is 1100 g/mol. The maximum absolute atomic E-state index is 16.0. The molecule has 3 aliphatic rings. The molecule has 18 nitrogen and oxygen atoms in total. The Hall–Kier alpha value is -6.60. The second-order valence-corrected chi connectivity index (χ2v) is 22.2. The first-order chi connectivity index (χ1) is 36.8. The molecule has 9 rings (SSSR count). The number of aromatic nitrogens is 3. The van der Waals surface area contributed by atoms with Gasteiger partial charge in [0.1, 0.15) is 42.0 Å². The molecular weight excluding hydrogens is 1040 g/mol. The monoisotopic (exact) mass is 1100 g/mol. The van der Waals surface area contributed by atoms with Crippen molar-refractivity contribution in [2.75, 3.05) is 74.9 Å². The van der Waals surface area contributed by atoms with Gasteiger partial charge in [-0.05, 0) is 65.8 Å². The fourth-order valence-electron chi connectivity index (χ4n) is 10.0. The van der Waals surface area contributed by atoms with E-state index in [1.165, 1.54) is 11.1 Å². The number of carbonyl (C=O) groups excluding carboxylic acids is 4. The Morgan fingerprint density at radius 2 is 1.70 bits per heavy atom. The number of aliphatic hydroxyl groups is 1. The molecule has 5 atom stereocenters. The number of nitrogens with zero attached hydrogens (tertiary/aromatic N) is 7. The number of H-pyrrole nitrogens is 1. The van der Waals surface area contributed by atoms with E-state index < -0.39 is 81.5 Å². The van der Waals surface area contributed by atoms with Gasteiger partial charge in [-0.25, -0.2) is 32.6 Å². The van der Waals surface area contributed by atoms with E-state index in [9.17, 15) is 37.4 Å². The summed E-state index contributed by atoms with van der Waals surface area (Å²) in [4.78, 5) is 73.3. The van der Waals surface area contributed by atoms with Gasteiger partial charge in [-0.2, -0.15) is 0 Å². The normalized spacial score (nSPS) is 19.2. The maximum Gasteiger partial charge on any atom is 0.246 e. The zero-order chi connectivity index (χ0) is 54.7. The van der Waals surface area contributed by atoms with Gasteiger partial charge in [-0.3, -0.25) is 28.3 Å². The summed E-state index contributed by atoms with van der Waals surface area (Å²) in [7, 11) is 0. The minimum absolute atomic E-state index is 0.0217. The largest absolute Gasteiger partial charge is 0.754 e. The maximum atomic E-state index is 16.0. The number of hydrogen-bond acceptors (Lipinski definition) is 14. The average Bonchev–Trinajstić information content (AvgIpc) is 4.25. The summed E-state index contributed by atoms with van der Waals surface area (Å²) in [5, 5.41) is 17.8. The third-order valence-corrected chi connectivity index (χ3v) is 15.9. The van der Waals surface area contributed by atoms with E-state index in [2.05, 4.69) is 35.4 Å². The molecule has 0 bridgehead atoms. The van der Waals surface area contributed by atoms with Gasteiger partial charge in [-0.1, -0.05) is 57.2 Å². The van der Waals surface area contributed by atoms with Crippen molar-refractivity contribution < 1.29 is 51.0 Å². The summed E-state index contributed by atoms with van der Waals surface area (Å²) >= 11 is -1.53. The number of aliphatic hydroxyl groups excluding tert-OH is 1. The Bertz CT molecular complexity index is 3150. The quantitative estimate of drug-likeness (QED) is 0.0464. The number of β-amino-alcohol motifs (C(OH)–C–C–N with tert-alkyl or cyclic N) is 1. The number of nitrogens with one attached hydrogen (secondary N) is 3. The number of piperazine rings is 1. The molecule has 3 aliphatic heterocycles. The van der Waals surface area contributed by atoms with Crippen LogP contribution >= 0.6 is 11.3 Å². The summed E-state index contributed by atoms with van der Waals surface area (Å²) < 4.78 is 76.0. The summed E-state index contributed by atoms with van der Waals surface area (Å²) in [5.74, 6) is -4.95. The summed E-state index contributed by atoms with van der Waals surface area (Å²) in [5.41, 5.74) is 4.95. The molecule has 1 unspecified atom stereocenters. The summed E-state index contributed by atoms with van der Waals surface area (Å²) in [6.45, 7) is 10.8. The number of pyridine rings is 1. The van der Waals surface area contributed by atoms with E-state index in [0.29, 0.717) is 40.6 Å². The third kappa shape index (κ3) is 12.4. The Kier molecular flexibility index (Phi) is 16.9. The van der Waals surface area contributed by atoms with Gasteiger partial charge in [-0.15, -0.1) is 11.3 Å². The van der Waals surface area contributed by atoms with Crippen LogP contribution in [-0.2, 0) is 36.9 Å². The highest BCUT2D eigenvalue weighted by molar-refractivity contribution is 7.80. The lowest BCUT2D eigenvalue weighted by Gasteiger charge is -2.36. The van der Waals surface area contributed by atoms with Crippen molar-refractivity contribution in [3.05, 3.63) is 119 Å². The Labute approximate surface area is 450 Å². The van der Waals surface area contributed by atoms with Crippen LogP contribution in [0.1, 0.15) is 60.8 Å². The number of hydrazine groups is 1. The van der Waals surface area contributed by atoms with Crippen molar-refractivity contribution in [2.45, 2.75) is 71.4 Å². The van der Waals surface area contributed by atoms with E-state index >= 15 is 8.78 Å². The fraction of sp³-hybridized carbons (Fsp3) is 0.407. The number of likely N-dealkylation sites (tertiary alicyclic amines) is 1. The fourth-order valence-corrected chi connectivity index (χ4v) is 11.5. The first kappa shape index (κ1) is 55.2. The lowest BCUT2D eigenvalue weighted by Crippen LogP contribution is -2.58. The molecule has 6 heterocycles. The highest BCUT2D eigenvalue weighted by Crippen LogP contribution is 2.34. The van der Waals surface area contributed by atoms with E-state index in [1.807, 2.05) is 76.2 Å². The Morgan fingerprint density at radius 1 is 0.974 bits per heavy atom. The van der Waals surface area contributed by atoms with E-state index in [1.54, 1.807) is 29.1 Å². The van der Waals surface area contributed by atoms with Crippen LogP contribution in [0.3, 0.4) is 0 Å². The number of ketones is 1. The molecule has 3 amide bonds. The van der Waals surface area contributed by atoms with Crippen molar-refractivity contribution in [1.82, 2.24) is 40.4 Å². The number of ether oxygens (including phenoxy) is 1. The Balaban J connectivity index is 0.741. The minimum atomic E-state index is -3.09. The van der Waals surface area contributed by atoms with Crippen LogP contribution in [0, 0.1) is 24.0 Å². The topological polar surface area (TPSA) is 220 Å². The number of halogens is 3. The van der Waals surface area contributed by atoms with Crippen LogP contribution in [0.15, 0.2) is 84.6 Å². The predicted octanol–water partition coefficient (Wildman–Crippen LogP) is 5.68. The number of carbonyl (C=O) groups is 4. The molecule has 408 valence electrons. The standard InChI is InChI=1S/C54H61F3N10O8S2/c1-32-49(76-31-61-32)35-7-5-33(6-8-35)25-60-52(71)44-24-39(68)29-66(44)53(72)50(54(2,3)4)62-45(69)30-75-22-21-63-17-19-64(20-18-63)38-11-9-34(10-12-38)36-23-40-41(27-59-51(40)58-26-36)48(70)46-42(56)13-14-43(47(46)57)67(77(73)74)65-16-15-37(55)28-65/h5-14,23,26-27,31,37,39,44,50,68H,15-22,24-25,28-30H2,1-4H3,(H,58,59)(H,60,71)(H,62,69)(H,73,74)/p-1/t37-,39-,44+,50-/m1/s1. The smallest absolute Gasteiger partial charge is 0.246 e. The predicted molar refractivity (Wildman–Crippen MR) is 285 cm³/mol.